The molecule has 0 aliphatic carbocycles. The Hall–Kier alpha value is -2.39. The molecule has 2 heterocycles. The van der Waals surface area contributed by atoms with Crippen molar-refractivity contribution >= 4 is 21.7 Å². The summed E-state index contributed by atoms with van der Waals surface area (Å²) in [7, 11) is -1.97. The Morgan fingerprint density at radius 3 is 2.20 bits per heavy atom. The fraction of sp³-hybridized carbons (Fsp3) is 0.524. The highest BCUT2D eigenvalue weighted by molar-refractivity contribution is 7.89. The van der Waals surface area contributed by atoms with Gasteiger partial charge < -0.3 is 14.5 Å². The lowest BCUT2D eigenvalue weighted by molar-refractivity contribution is 0.382. The highest BCUT2D eigenvalue weighted by atomic mass is 32.2. The van der Waals surface area contributed by atoms with E-state index in [0.717, 1.165) is 30.3 Å². The van der Waals surface area contributed by atoms with Crippen LogP contribution in [0, 0.1) is 13.8 Å². The maximum Gasteiger partial charge on any atom is 0.243 e. The van der Waals surface area contributed by atoms with E-state index in [1.54, 1.807) is 30.5 Å². The number of hydrogen-bond donors (Lipinski definition) is 0. The molecule has 0 bridgehead atoms. The molecule has 0 saturated carbocycles. The van der Waals surface area contributed by atoms with Crippen LogP contribution in [0.1, 0.15) is 25.0 Å². The van der Waals surface area contributed by atoms with E-state index in [4.69, 9.17) is 4.74 Å². The number of nitrogens with zero attached hydrogens (tertiary/aromatic N) is 5. The van der Waals surface area contributed by atoms with Crippen molar-refractivity contribution in [3.63, 3.8) is 0 Å². The Bertz CT molecular complexity index is 967. The molecule has 8 nitrogen and oxygen atoms in total. The maximum atomic E-state index is 13.2. The molecule has 0 unspecified atom stereocenters. The van der Waals surface area contributed by atoms with Crippen molar-refractivity contribution in [2.24, 2.45) is 0 Å². The summed E-state index contributed by atoms with van der Waals surface area (Å²) in [6.45, 7) is 11.6. The van der Waals surface area contributed by atoms with E-state index < -0.39 is 10.0 Å². The first-order chi connectivity index (χ1) is 14.3. The smallest absolute Gasteiger partial charge is 0.243 e. The molecular formula is C21H31N5O3S. The zero-order valence-corrected chi connectivity index (χ0v) is 19.2. The lowest BCUT2D eigenvalue weighted by atomic mass is 10.1. The van der Waals surface area contributed by atoms with Gasteiger partial charge in [0, 0.05) is 39.3 Å². The summed E-state index contributed by atoms with van der Waals surface area (Å²) in [4.78, 5) is 4.56. The molecular weight excluding hydrogens is 402 g/mol. The van der Waals surface area contributed by atoms with Gasteiger partial charge in [-0.1, -0.05) is 0 Å². The van der Waals surface area contributed by atoms with Crippen molar-refractivity contribution in [2.45, 2.75) is 32.6 Å². The monoisotopic (exact) mass is 433 g/mol. The minimum Gasteiger partial charge on any atom is -0.496 e. The maximum absolute atomic E-state index is 13.2. The van der Waals surface area contributed by atoms with E-state index in [1.807, 2.05) is 19.1 Å². The van der Waals surface area contributed by atoms with Gasteiger partial charge in [-0.05, 0) is 63.1 Å². The molecule has 1 saturated heterocycles. The third kappa shape index (κ3) is 4.37. The van der Waals surface area contributed by atoms with Crippen LogP contribution in [0.5, 0.6) is 5.75 Å². The molecule has 0 spiro atoms. The van der Waals surface area contributed by atoms with Crippen LogP contribution in [0.15, 0.2) is 29.2 Å². The fourth-order valence-corrected chi connectivity index (χ4v) is 5.47. The van der Waals surface area contributed by atoms with Gasteiger partial charge in [0.25, 0.3) is 0 Å². The second kappa shape index (κ2) is 9.18. The first-order valence-electron chi connectivity index (χ1n) is 10.3. The predicted octanol–water partition coefficient (Wildman–Crippen LogP) is 2.46. The lowest BCUT2D eigenvalue weighted by Gasteiger charge is -2.34. The summed E-state index contributed by atoms with van der Waals surface area (Å²) in [5.41, 5.74) is 1.50. The lowest BCUT2D eigenvalue weighted by Crippen LogP contribution is -2.49. The molecule has 0 N–H and O–H groups in total. The first-order valence-corrected chi connectivity index (χ1v) is 11.7. The van der Waals surface area contributed by atoms with E-state index >= 15 is 0 Å². The number of hydrogen-bond acceptors (Lipinski definition) is 7. The molecule has 0 radical (unpaired) electrons. The Labute approximate surface area is 179 Å². The van der Waals surface area contributed by atoms with Gasteiger partial charge in [0.15, 0.2) is 11.6 Å². The van der Waals surface area contributed by atoms with Gasteiger partial charge in [-0.15, -0.1) is 10.2 Å². The van der Waals surface area contributed by atoms with E-state index in [9.17, 15) is 8.42 Å². The molecule has 9 heteroatoms. The molecule has 0 atom stereocenters. The zero-order valence-electron chi connectivity index (χ0n) is 18.4. The number of aromatic nitrogens is 2. The van der Waals surface area contributed by atoms with Gasteiger partial charge in [-0.2, -0.15) is 4.31 Å². The Balaban J connectivity index is 1.71. The quantitative estimate of drug-likeness (QED) is 0.664. The van der Waals surface area contributed by atoms with Crippen LogP contribution in [0.4, 0.5) is 11.6 Å². The molecule has 1 aromatic carbocycles. The van der Waals surface area contributed by atoms with E-state index in [1.165, 1.54) is 0 Å². The van der Waals surface area contributed by atoms with E-state index in [-0.39, 0.29) is 0 Å². The number of rotatable bonds is 7. The SMILES string of the molecule is CCN(CC)c1ccc(N2CCN(S(=O)(=O)c3cc(C)c(OC)cc3C)CC2)nn1. The van der Waals surface area contributed by atoms with Crippen LogP contribution in [-0.4, -0.2) is 69.3 Å². The summed E-state index contributed by atoms with van der Waals surface area (Å²) in [6.07, 6.45) is 0. The van der Waals surface area contributed by atoms with Crippen molar-refractivity contribution in [3.05, 3.63) is 35.4 Å². The van der Waals surface area contributed by atoms with Gasteiger partial charge in [-0.25, -0.2) is 8.42 Å². The van der Waals surface area contributed by atoms with Crippen molar-refractivity contribution in [1.29, 1.82) is 0 Å². The van der Waals surface area contributed by atoms with Crippen LogP contribution in [0.2, 0.25) is 0 Å². The number of ether oxygens (including phenoxy) is 1. The highest BCUT2D eigenvalue weighted by Crippen LogP contribution is 2.28. The van der Waals surface area contributed by atoms with E-state index in [2.05, 4.69) is 33.8 Å². The molecule has 1 aliphatic heterocycles. The molecule has 1 aromatic heterocycles. The fourth-order valence-electron chi connectivity index (χ4n) is 3.76. The van der Waals surface area contributed by atoms with Crippen molar-refractivity contribution in [2.75, 3.05) is 56.2 Å². The third-order valence-electron chi connectivity index (χ3n) is 5.60. The van der Waals surface area contributed by atoms with Crippen LogP contribution >= 0.6 is 0 Å². The topological polar surface area (TPSA) is 78.9 Å². The molecule has 2 aromatic rings. The summed E-state index contributed by atoms with van der Waals surface area (Å²) in [5.74, 6) is 2.33. The number of anilines is 2. The van der Waals surface area contributed by atoms with Crippen molar-refractivity contribution in [1.82, 2.24) is 14.5 Å². The standard InChI is InChI=1S/C21H31N5O3S/c1-6-24(7-2)20-8-9-21(23-22-20)25-10-12-26(13-11-25)30(27,28)19-15-16(3)18(29-5)14-17(19)4/h8-9,14-15H,6-7,10-13H2,1-5H3. The number of piperazine rings is 1. The van der Waals surface area contributed by atoms with Gasteiger partial charge in [-0.3, -0.25) is 0 Å². The number of benzene rings is 1. The normalized spacial score (nSPS) is 15.3. The molecule has 164 valence electrons. The van der Waals surface area contributed by atoms with Crippen LogP contribution in [0.25, 0.3) is 0 Å². The largest absolute Gasteiger partial charge is 0.496 e. The second-order valence-corrected chi connectivity index (χ2v) is 9.31. The van der Waals surface area contributed by atoms with Crippen LogP contribution in [0.3, 0.4) is 0 Å². The average Bonchev–Trinajstić information content (AvgIpc) is 2.76. The summed E-state index contributed by atoms with van der Waals surface area (Å²) < 4.78 is 33.3. The van der Waals surface area contributed by atoms with Crippen molar-refractivity contribution < 1.29 is 13.2 Å². The van der Waals surface area contributed by atoms with Gasteiger partial charge in [0.05, 0.1) is 12.0 Å². The Kier molecular flexibility index (Phi) is 6.82. The first kappa shape index (κ1) is 22.3. The van der Waals surface area contributed by atoms with Crippen molar-refractivity contribution in [3.8, 4) is 5.75 Å². The minimum atomic E-state index is -3.56. The number of aryl methyl sites for hydroxylation is 2. The third-order valence-corrected chi connectivity index (χ3v) is 7.64. The number of methoxy groups -OCH3 is 1. The molecule has 30 heavy (non-hydrogen) atoms. The highest BCUT2D eigenvalue weighted by Gasteiger charge is 2.30. The Morgan fingerprint density at radius 1 is 1.00 bits per heavy atom. The van der Waals surface area contributed by atoms with Crippen LogP contribution in [-0.2, 0) is 10.0 Å². The zero-order chi connectivity index (χ0) is 21.9. The van der Waals surface area contributed by atoms with E-state index in [0.29, 0.717) is 42.4 Å². The summed E-state index contributed by atoms with van der Waals surface area (Å²) >= 11 is 0. The molecule has 1 fully saturated rings. The minimum absolute atomic E-state index is 0.345. The number of sulfonamides is 1. The summed E-state index contributed by atoms with van der Waals surface area (Å²) in [5, 5.41) is 8.70. The molecule has 1 aliphatic rings. The van der Waals surface area contributed by atoms with Gasteiger partial charge in [0.2, 0.25) is 10.0 Å². The Morgan fingerprint density at radius 2 is 1.67 bits per heavy atom. The summed E-state index contributed by atoms with van der Waals surface area (Å²) in [6, 6.07) is 7.42. The predicted molar refractivity (Wildman–Crippen MR) is 119 cm³/mol. The van der Waals surface area contributed by atoms with Gasteiger partial charge >= 0.3 is 0 Å². The molecule has 3 rings (SSSR count). The molecule has 0 amide bonds. The van der Waals surface area contributed by atoms with Gasteiger partial charge in [0.1, 0.15) is 5.75 Å². The van der Waals surface area contributed by atoms with Crippen LogP contribution < -0.4 is 14.5 Å². The average molecular weight is 434 g/mol. The second-order valence-electron chi connectivity index (χ2n) is 7.40.